The molecule has 0 bridgehead atoms. The highest BCUT2D eigenvalue weighted by Gasteiger charge is 2.50. The Morgan fingerprint density at radius 1 is 1.45 bits per heavy atom. The molecule has 3 nitrogen and oxygen atoms in total. The summed E-state index contributed by atoms with van der Waals surface area (Å²) in [6.07, 6.45) is 0.879. The maximum atomic E-state index is 14.4. The predicted octanol–water partition coefficient (Wildman–Crippen LogP) is 2.77. The highest BCUT2D eigenvalue weighted by atomic mass is 32.2. The molecule has 0 spiro atoms. The molecule has 0 radical (unpaired) electrons. The summed E-state index contributed by atoms with van der Waals surface area (Å²) in [5, 5.41) is 4.39. The molecule has 3 unspecified atom stereocenters. The Kier molecular flexibility index (Phi) is 3.73. The topological polar surface area (TPSA) is 33.6 Å². The largest absolute Gasteiger partial charge is 0.378 e. The zero-order chi connectivity index (χ0) is 14.2. The maximum Gasteiger partial charge on any atom is 0.156 e. The summed E-state index contributed by atoms with van der Waals surface area (Å²) in [6.45, 7) is 2.72. The van der Waals surface area contributed by atoms with Gasteiger partial charge in [0.15, 0.2) is 5.17 Å². The predicted molar refractivity (Wildman–Crippen MR) is 80.6 cm³/mol. The van der Waals surface area contributed by atoms with E-state index in [0.29, 0.717) is 6.61 Å². The monoisotopic (exact) mass is 294 g/mol. The van der Waals surface area contributed by atoms with Crippen LogP contribution in [0.15, 0.2) is 29.3 Å². The molecular weight excluding hydrogens is 275 g/mol. The minimum atomic E-state index is -0.400. The van der Waals surface area contributed by atoms with Crippen molar-refractivity contribution in [1.29, 1.82) is 0 Å². The third-order valence-electron chi connectivity index (χ3n) is 4.36. The highest BCUT2D eigenvalue weighted by Crippen LogP contribution is 2.45. The lowest BCUT2D eigenvalue weighted by Crippen LogP contribution is -2.61. The summed E-state index contributed by atoms with van der Waals surface area (Å²) < 4.78 is 20.2. The van der Waals surface area contributed by atoms with Crippen LogP contribution < -0.4 is 5.32 Å². The van der Waals surface area contributed by atoms with E-state index in [1.54, 1.807) is 24.9 Å². The number of hydrogen-bond donors (Lipinski definition) is 1. The Bertz CT molecular complexity index is 536. The van der Waals surface area contributed by atoms with Crippen molar-refractivity contribution in [3.05, 3.63) is 35.6 Å². The molecule has 0 aliphatic carbocycles. The van der Waals surface area contributed by atoms with E-state index in [0.717, 1.165) is 22.9 Å². The van der Waals surface area contributed by atoms with Gasteiger partial charge in [0, 0.05) is 30.9 Å². The second-order valence-corrected chi connectivity index (χ2v) is 6.36. The quantitative estimate of drug-likeness (QED) is 0.864. The molecule has 2 fully saturated rings. The van der Waals surface area contributed by atoms with Gasteiger partial charge in [0.25, 0.3) is 0 Å². The van der Waals surface area contributed by atoms with Crippen molar-refractivity contribution in [2.45, 2.75) is 25.0 Å². The van der Waals surface area contributed by atoms with Crippen molar-refractivity contribution in [3.63, 3.8) is 0 Å². The third kappa shape index (κ3) is 2.13. The van der Waals surface area contributed by atoms with Gasteiger partial charge in [0.05, 0.1) is 11.6 Å². The van der Waals surface area contributed by atoms with E-state index < -0.39 is 5.54 Å². The third-order valence-corrected chi connectivity index (χ3v) is 5.45. The van der Waals surface area contributed by atoms with Crippen LogP contribution in [0.1, 0.15) is 18.9 Å². The van der Waals surface area contributed by atoms with Gasteiger partial charge < -0.3 is 10.1 Å². The van der Waals surface area contributed by atoms with Crippen molar-refractivity contribution in [1.82, 2.24) is 5.32 Å². The van der Waals surface area contributed by atoms with Gasteiger partial charge in [-0.15, -0.1) is 0 Å². The zero-order valence-electron chi connectivity index (χ0n) is 11.7. The molecule has 2 aliphatic rings. The summed E-state index contributed by atoms with van der Waals surface area (Å²) in [6, 6.07) is 7.06. The molecule has 3 rings (SSSR count). The normalized spacial score (nSPS) is 35.5. The summed E-state index contributed by atoms with van der Waals surface area (Å²) in [4.78, 5) is 4.27. The summed E-state index contributed by atoms with van der Waals surface area (Å²) >= 11 is 1.69. The van der Waals surface area contributed by atoms with Crippen LogP contribution in [0.5, 0.6) is 0 Å². The molecule has 1 N–H and O–H groups in total. The number of hydrogen-bond acceptors (Lipinski definition) is 3. The number of aliphatic imine (C=N–C) groups is 1. The van der Waals surface area contributed by atoms with Gasteiger partial charge in [0.1, 0.15) is 5.82 Å². The first kappa shape index (κ1) is 13.9. The molecule has 20 heavy (non-hydrogen) atoms. The van der Waals surface area contributed by atoms with Gasteiger partial charge in [-0.3, -0.25) is 4.99 Å². The van der Waals surface area contributed by atoms with Crippen molar-refractivity contribution < 1.29 is 9.13 Å². The Morgan fingerprint density at radius 2 is 2.25 bits per heavy atom. The summed E-state index contributed by atoms with van der Waals surface area (Å²) in [5.41, 5.74) is 0.338. The molecule has 3 atom stereocenters. The molecule has 2 aliphatic heterocycles. The second kappa shape index (κ2) is 5.37. The Labute approximate surface area is 123 Å². The molecule has 0 aromatic heterocycles. The lowest BCUT2D eigenvalue weighted by Gasteiger charge is -2.51. The highest BCUT2D eigenvalue weighted by molar-refractivity contribution is 8.13. The van der Waals surface area contributed by atoms with Gasteiger partial charge in [-0.2, -0.15) is 0 Å². The van der Waals surface area contributed by atoms with E-state index in [1.807, 2.05) is 12.1 Å². The van der Waals surface area contributed by atoms with Gasteiger partial charge in [0.2, 0.25) is 0 Å². The smallest absolute Gasteiger partial charge is 0.156 e. The van der Waals surface area contributed by atoms with Crippen LogP contribution in [-0.2, 0) is 10.3 Å². The Morgan fingerprint density at radius 3 is 3.00 bits per heavy atom. The van der Waals surface area contributed by atoms with Crippen LogP contribution in [-0.4, -0.2) is 30.7 Å². The standard InChI is InChI=1S/C15H19FN2OS/c1-10-12-9-20-14(17-2)18-15(12,7-8-19-10)11-5-3-4-6-13(11)16/h3-6,10,12H,7-9H2,1-2H3,(H,17,18). The molecule has 108 valence electrons. The number of ether oxygens (including phenoxy) is 1. The maximum absolute atomic E-state index is 14.4. The van der Waals surface area contributed by atoms with E-state index in [4.69, 9.17) is 4.74 Å². The number of benzene rings is 1. The van der Waals surface area contributed by atoms with Crippen LogP contribution >= 0.6 is 11.8 Å². The SMILES string of the molecule is CN=C1NC2(c3ccccc3F)CCOC(C)C2CS1. The molecule has 2 heterocycles. The number of rotatable bonds is 1. The zero-order valence-corrected chi connectivity index (χ0v) is 12.5. The van der Waals surface area contributed by atoms with Crippen LogP contribution in [0.2, 0.25) is 0 Å². The van der Waals surface area contributed by atoms with E-state index >= 15 is 0 Å². The molecule has 1 aromatic carbocycles. The fraction of sp³-hybridized carbons (Fsp3) is 0.533. The Hall–Kier alpha value is -1.07. The van der Waals surface area contributed by atoms with Crippen molar-refractivity contribution in [3.8, 4) is 0 Å². The fourth-order valence-corrected chi connectivity index (χ4v) is 4.56. The number of nitrogens with zero attached hydrogens (tertiary/aromatic N) is 1. The van der Waals surface area contributed by atoms with Gasteiger partial charge in [-0.05, 0) is 19.4 Å². The lowest BCUT2D eigenvalue weighted by atomic mass is 9.72. The number of amidine groups is 1. The van der Waals surface area contributed by atoms with Crippen LogP contribution in [0.4, 0.5) is 4.39 Å². The molecular formula is C15H19FN2OS. The van der Waals surface area contributed by atoms with Crippen LogP contribution in [0, 0.1) is 11.7 Å². The molecule has 2 saturated heterocycles. The minimum absolute atomic E-state index is 0.113. The number of halogens is 1. The summed E-state index contributed by atoms with van der Waals surface area (Å²) in [5.74, 6) is 0.986. The van der Waals surface area contributed by atoms with Gasteiger partial charge in [-0.1, -0.05) is 30.0 Å². The van der Waals surface area contributed by atoms with Gasteiger partial charge in [-0.25, -0.2) is 4.39 Å². The Balaban J connectivity index is 2.10. The second-order valence-electron chi connectivity index (χ2n) is 5.35. The lowest BCUT2D eigenvalue weighted by molar-refractivity contribution is -0.0593. The first-order chi connectivity index (χ1) is 9.67. The first-order valence-electron chi connectivity index (χ1n) is 6.92. The van der Waals surface area contributed by atoms with E-state index in [-0.39, 0.29) is 17.8 Å². The van der Waals surface area contributed by atoms with Crippen LogP contribution in [0.3, 0.4) is 0 Å². The van der Waals surface area contributed by atoms with Crippen LogP contribution in [0.25, 0.3) is 0 Å². The minimum Gasteiger partial charge on any atom is -0.378 e. The average molecular weight is 294 g/mol. The number of nitrogens with one attached hydrogen (secondary N) is 1. The van der Waals surface area contributed by atoms with Crippen molar-refractivity contribution >= 4 is 16.9 Å². The van der Waals surface area contributed by atoms with Gasteiger partial charge >= 0.3 is 0 Å². The summed E-state index contributed by atoms with van der Waals surface area (Å²) in [7, 11) is 1.77. The number of thioether (sulfide) groups is 1. The van der Waals surface area contributed by atoms with Crippen molar-refractivity contribution in [2.24, 2.45) is 10.9 Å². The first-order valence-corrected chi connectivity index (χ1v) is 7.90. The molecule has 0 amide bonds. The van der Waals surface area contributed by atoms with Crippen molar-refractivity contribution in [2.75, 3.05) is 19.4 Å². The number of fused-ring (bicyclic) bond motifs is 1. The van der Waals surface area contributed by atoms with E-state index in [2.05, 4.69) is 17.2 Å². The van der Waals surface area contributed by atoms with E-state index in [1.165, 1.54) is 6.07 Å². The molecule has 0 saturated carbocycles. The van der Waals surface area contributed by atoms with E-state index in [9.17, 15) is 4.39 Å². The average Bonchev–Trinajstić information content (AvgIpc) is 2.47. The molecule has 5 heteroatoms. The fourth-order valence-electron chi connectivity index (χ4n) is 3.28. The molecule has 1 aromatic rings.